The maximum absolute atomic E-state index is 5.30. The first-order chi connectivity index (χ1) is 10.3. The number of ether oxygens (including phenoxy) is 1. The number of pyridine rings is 1. The lowest BCUT2D eigenvalue weighted by Crippen LogP contribution is -2.35. The van der Waals surface area contributed by atoms with Crippen LogP contribution in [0, 0.1) is 5.92 Å². The summed E-state index contributed by atoms with van der Waals surface area (Å²) in [6.07, 6.45) is 3.41. The van der Waals surface area contributed by atoms with E-state index in [0.717, 1.165) is 31.6 Å². The highest BCUT2D eigenvalue weighted by molar-refractivity contribution is 5.92. The summed E-state index contributed by atoms with van der Waals surface area (Å²) in [5, 5.41) is 1.28. The Kier molecular flexibility index (Phi) is 4.39. The Morgan fingerprint density at radius 1 is 1.24 bits per heavy atom. The molecule has 0 spiro atoms. The van der Waals surface area contributed by atoms with Crippen molar-refractivity contribution in [3.05, 3.63) is 36.0 Å². The summed E-state index contributed by atoms with van der Waals surface area (Å²) in [6.45, 7) is 5.30. The number of aryl methyl sites for hydroxylation is 1. The van der Waals surface area contributed by atoms with E-state index in [2.05, 4.69) is 42.2 Å². The number of benzene rings is 1. The second-order valence-electron chi connectivity index (χ2n) is 5.89. The highest BCUT2D eigenvalue weighted by Crippen LogP contribution is 2.30. The highest BCUT2D eigenvalue weighted by atomic mass is 16.5. The number of para-hydroxylation sites is 1. The average molecular weight is 284 g/mol. The third kappa shape index (κ3) is 3.03. The Morgan fingerprint density at radius 2 is 2.00 bits per heavy atom. The van der Waals surface area contributed by atoms with E-state index in [1.165, 1.54) is 29.6 Å². The van der Waals surface area contributed by atoms with Crippen LogP contribution in [0.25, 0.3) is 10.9 Å². The summed E-state index contributed by atoms with van der Waals surface area (Å²) < 4.78 is 5.30. The molecule has 0 N–H and O–H groups in total. The van der Waals surface area contributed by atoms with E-state index in [4.69, 9.17) is 9.72 Å². The Bertz CT molecular complexity index is 603. The molecule has 3 heteroatoms. The number of aromatic nitrogens is 1. The van der Waals surface area contributed by atoms with Gasteiger partial charge in [-0.3, -0.25) is 4.98 Å². The van der Waals surface area contributed by atoms with Gasteiger partial charge in [0.1, 0.15) is 0 Å². The van der Waals surface area contributed by atoms with Gasteiger partial charge in [-0.2, -0.15) is 0 Å². The number of fused-ring (bicyclic) bond motifs is 1. The molecule has 3 rings (SSSR count). The van der Waals surface area contributed by atoms with E-state index in [0.29, 0.717) is 5.92 Å². The van der Waals surface area contributed by atoms with Crippen molar-refractivity contribution in [1.82, 2.24) is 4.98 Å². The third-order valence-corrected chi connectivity index (χ3v) is 4.47. The van der Waals surface area contributed by atoms with E-state index in [9.17, 15) is 0 Å². The summed E-state index contributed by atoms with van der Waals surface area (Å²) >= 11 is 0. The van der Waals surface area contributed by atoms with Gasteiger partial charge in [-0.15, -0.1) is 0 Å². The number of anilines is 1. The predicted molar refractivity (Wildman–Crippen MR) is 87.9 cm³/mol. The largest absolute Gasteiger partial charge is 0.384 e. The maximum atomic E-state index is 5.30. The number of nitrogens with zero attached hydrogens (tertiary/aromatic N) is 2. The SMILES string of the molecule is CCc1cc(N2CCC(COC)CC2)c2ccccc2n1. The van der Waals surface area contributed by atoms with Gasteiger partial charge in [-0.1, -0.05) is 25.1 Å². The molecule has 1 aromatic heterocycles. The molecule has 1 aliphatic rings. The summed E-state index contributed by atoms with van der Waals surface area (Å²) in [5.74, 6) is 0.713. The van der Waals surface area contributed by atoms with Crippen molar-refractivity contribution in [2.75, 3.05) is 31.7 Å². The summed E-state index contributed by atoms with van der Waals surface area (Å²) in [5.41, 5.74) is 3.65. The summed E-state index contributed by atoms with van der Waals surface area (Å²) in [4.78, 5) is 7.27. The Morgan fingerprint density at radius 3 is 2.71 bits per heavy atom. The van der Waals surface area contributed by atoms with Crippen molar-refractivity contribution in [2.45, 2.75) is 26.2 Å². The molecule has 21 heavy (non-hydrogen) atoms. The van der Waals surface area contributed by atoms with Crippen molar-refractivity contribution in [3.63, 3.8) is 0 Å². The molecule has 1 saturated heterocycles. The number of hydrogen-bond acceptors (Lipinski definition) is 3. The van der Waals surface area contributed by atoms with Gasteiger partial charge < -0.3 is 9.64 Å². The quantitative estimate of drug-likeness (QED) is 0.856. The molecular weight excluding hydrogens is 260 g/mol. The van der Waals surface area contributed by atoms with Crippen LogP contribution < -0.4 is 4.90 Å². The van der Waals surface area contributed by atoms with Crippen molar-refractivity contribution in [3.8, 4) is 0 Å². The Balaban J connectivity index is 1.89. The smallest absolute Gasteiger partial charge is 0.0726 e. The summed E-state index contributed by atoms with van der Waals surface area (Å²) in [7, 11) is 1.80. The lowest BCUT2D eigenvalue weighted by molar-refractivity contribution is 0.139. The van der Waals surface area contributed by atoms with E-state index in [1.54, 1.807) is 7.11 Å². The van der Waals surface area contributed by atoms with Gasteiger partial charge in [0.05, 0.1) is 5.52 Å². The fourth-order valence-electron chi connectivity index (χ4n) is 3.23. The lowest BCUT2D eigenvalue weighted by Gasteiger charge is -2.34. The number of hydrogen-bond donors (Lipinski definition) is 0. The molecule has 112 valence electrons. The number of rotatable bonds is 4. The molecule has 0 aliphatic carbocycles. The minimum atomic E-state index is 0.713. The van der Waals surface area contributed by atoms with Crippen LogP contribution in [0.15, 0.2) is 30.3 Å². The molecule has 1 fully saturated rings. The van der Waals surface area contributed by atoms with Gasteiger partial charge in [-0.05, 0) is 37.3 Å². The number of piperidine rings is 1. The van der Waals surface area contributed by atoms with E-state index in [-0.39, 0.29) is 0 Å². The van der Waals surface area contributed by atoms with Gasteiger partial charge in [0.15, 0.2) is 0 Å². The molecule has 0 atom stereocenters. The van der Waals surface area contributed by atoms with Crippen LogP contribution in [0.5, 0.6) is 0 Å². The first-order valence-corrected chi connectivity index (χ1v) is 7.94. The first-order valence-electron chi connectivity index (χ1n) is 7.94. The van der Waals surface area contributed by atoms with Crippen LogP contribution in [-0.4, -0.2) is 31.8 Å². The molecule has 1 aliphatic heterocycles. The van der Waals surface area contributed by atoms with E-state index >= 15 is 0 Å². The minimum absolute atomic E-state index is 0.713. The van der Waals surface area contributed by atoms with Gasteiger partial charge in [-0.25, -0.2) is 0 Å². The van der Waals surface area contributed by atoms with Gasteiger partial charge in [0.25, 0.3) is 0 Å². The first kappa shape index (κ1) is 14.3. The number of methoxy groups -OCH3 is 1. The van der Waals surface area contributed by atoms with Crippen molar-refractivity contribution >= 4 is 16.6 Å². The standard InChI is InChI=1S/C18H24N2O/c1-3-15-12-18(16-6-4-5-7-17(16)19-15)20-10-8-14(9-11-20)13-21-2/h4-7,12,14H,3,8-11,13H2,1-2H3. The molecule has 2 heterocycles. The molecule has 1 aromatic carbocycles. The zero-order chi connectivity index (χ0) is 14.7. The van der Waals surface area contributed by atoms with E-state index in [1.807, 2.05) is 0 Å². The van der Waals surface area contributed by atoms with Gasteiger partial charge in [0.2, 0.25) is 0 Å². The fourth-order valence-corrected chi connectivity index (χ4v) is 3.23. The highest BCUT2D eigenvalue weighted by Gasteiger charge is 2.21. The van der Waals surface area contributed by atoms with Crippen LogP contribution in [0.2, 0.25) is 0 Å². The molecule has 2 aromatic rings. The summed E-state index contributed by atoms with van der Waals surface area (Å²) in [6, 6.07) is 10.8. The maximum Gasteiger partial charge on any atom is 0.0726 e. The van der Waals surface area contributed by atoms with Crippen LogP contribution in [0.1, 0.15) is 25.5 Å². The predicted octanol–water partition coefficient (Wildman–Crippen LogP) is 3.66. The van der Waals surface area contributed by atoms with Gasteiger partial charge >= 0.3 is 0 Å². The molecule has 0 unspecified atom stereocenters. The molecule has 0 saturated carbocycles. The fraction of sp³-hybridized carbons (Fsp3) is 0.500. The lowest BCUT2D eigenvalue weighted by atomic mass is 9.97. The molecule has 3 nitrogen and oxygen atoms in total. The molecule has 0 bridgehead atoms. The molecular formula is C18H24N2O. The van der Waals surface area contributed by atoms with Crippen LogP contribution in [-0.2, 0) is 11.2 Å². The van der Waals surface area contributed by atoms with Crippen LogP contribution in [0.4, 0.5) is 5.69 Å². The Labute approximate surface area is 126 Å². The monoisotopic (exact) mass is 284 g/mol. The molecule has 0 radical (unpaired) electrons. The zero-order valence-corrected chi connectivity index (χ0v) is 13.0. The third-order valence-electron chi connectivity index (χ3n) is 4.47. The van der Waals surface area contributed by atoms with Crippen LogP contribution in [0.3, 0.4) is 0 Å². The van der Waals surface area contributed by atoms with Crippen molar-refractivity contribution < 1.29 is 4.74 Å². The van der Waals surface area contributed by atoms with E-state index < -0.39 is 0 Å². The van der Waals surface area contributed by atoms with Crippen molar-refractivity contribution in [1.29, 1.82) is 0 Å². The topological polar surface area (TPSA) is 25.4 Å². The van der Waals surface area contributed by atoms with Crippen LogP contribution >= 0.6 is 0 Å². The average Bonchev–Trinajstić information content (AvgIpc) is 2.55. The Hall–Kier alpha value is -1.61. The molecule has 0 amide bonds. The van der Waals surface area contributed by atoms with Crippen molar-refractivity contribution in [2.24, 2.45) is 5.92 Å². The van der Waals surface area contributed by atoms with Gasteiger partial charge in [0, 0.05) is 43.6 Å². The zero-order valence-electron chi connectivity index (χ0n) is 13.0. The normalized spacial score (nSPS) is 16.6. The minimum Gasteiger partial charge on any atom is -0.384 e. The second kappa shape index (κ2) is 6.44. The second-order valence-corrected chi connectivity index (χ2v) is 5.89.